The highest BCUT2D eigenvalue weighted by molar-refractivity contribution is 5.58. The molecule has 0 aliphatic heterocycles. The summed E-state index contributed by atoms with van der Waals surface area (Å²) in [7, 11) is 0. The third-order valence-corrected chi connectivity index (χ3v) is 3.17. The SMILES string of the molecule is c1ccc(-c2cnnc(-c3nncc(-c4ccccn4)n3)n2)nc1. The lowest BCUT2D eigenvalue weighted by atomic mass is 10.3. The number of rotatable bonds is 3. The van der Waals surface area contributed by atoms with Crippen LogP contribution in [0.25, 0.3) is 34.4 Å². The zero-order chi connectivity index (χ0) is 16.2. The minimum atomic E-state index is 0.281. The minimum Gasteiger partial charge on any atom is -0.255 e. The Balaban J connectivity index is 1.75. The Morgan fingerprint density at radius 3 is 1.46 bits per heavy atom. The number of nitrogens with zero attached hydrogens (tertiary/aromatic N) is 8. The number of hydrogen-bond acceptors (Lipinski definition) is 8. The standard InChI is InChI=1S/C16H10N8/c1-3-7-17-11(5-1)13-9-19-23-15(21-13)16-22-14(10-20-24-16)12-6-2-4-8-18-12/h1-10H. The van der Waals surface area contributed by atoms with Crippen LogP contribution >= 0.6 is 0 Å². The summed E-state index contributed by atoms with van der Waals surface area (Å²) in [6.07, 6.45) is 6.47. The molecule has 0 saturated carbocycles. The molecule has 0 unspecified atom stereocenters. The van der Waals surface area contributed by atoms with Crippen molar-refractivity contribution in [1.29, 1.82) is 0 Å². The van der Waals surface area contributed by atoms with Crippen LogP contribution in [0.1, 0.15) is 0 Å². The summed E-state index contributed by atoms with van der Waals surface area (Å²) in [5.41, 5.74) is 2.57. The van der Waals surface area contributed by atoms with E-state index in [2.05, 4.69) is 40.3 Å². The molecule has 0 N–H and O–H groups in total. The van der Waals surface area contributed by atoms with Crippen LogP contribution in [0, 0.1) is 0 Å². The molecule has 114 valence electrons. The Labute approximate surface area is 136 Å². The van der Waals surface area contributed by atoms with Gasteiger partial charge in [-0.1, -0.05) is 12.1 Å². The van der Waals surface area contributed by atoms with Crippen LogP contribution in [0.2, 0.25) is 0 Å². The van der Waals surface area contributed by atoms with E-state index in [1.807, 2.05) is 36.4 Å². The van der Waals surface area contributed by atoms with E-state index in [4.69, 9.17) is 0 Å². The summed E-state index contributed by atoms with van der Waals surface area (Å²) in [5.74, 6) is 0.562. The Kier molecular flexibility index (Phi) is 3.61. The summed E-state index contributed by atoms with van der Waals surface area (Å²) in [5, 5.41) is 15.9. The molecule has 0 fully saturated rings. The molecular weight excluding hydrogens is 304 g/mol. The second kappa shape index (κ2) is 6.21. The summed E-state index contributed by atoms with van der Waals surface area (Å²) >= 11 is 0. The number of aromatic nitrogens is 8. The summed E-state index contributed by atoms with van der Waals surface area (Å²) in [6.45, 7) is 0. The first-order valence-electron chi connectivity index (χ1n) is 7.13. The Bertz CT molecular complexity index is 879. The van der Waals surface area contributed by atoms with Gasteiger partial charge in [-0.3, -0.25) is 9.97 Å². The molecule has 0 aliphatic carbocycles. The van der Waals surface area contributed by atoms with Gasteiger partial charge in [0, 0.05) is 12.4 Å². The maximum absolute atomic E-state index is 4.43. The van der Waals surface area contributed by atoms with Crippen molar-refractivity contribution in [3.63, 3.8) is 0 Å². The van der Waals surface area contributed by atoms with Gasteiger partial charge in [-0.05, 0) is 24.3 Å². The van der Waals surface area contributed by atoms with Crippen molar-refractivity contribution in [3.8, 4) is 34.4 Å². The van der Waals surface area contributed by atoms with E-state index < -0.39 is 0 Å². The van der Waals surface area contributed by atoms with Crippen molar-refractivity contribution in [1.82, 2.24) is 40.3 Å². The molecule has 0 amide bonds. The van der Waals surface area contributed by atoms with Gasteiger partial charge in [0.2, 0.25) is 11.6 Å². The first kappa shape index (κ1) is 13.9. The Morgan fingerprint density at radius 2 is 1.04 bits per heavy atom. The summed E-state index contributed by atoms with van der Waals surface area (Å²) in [4.78, 5) is 17.4. The molecule has 8 nitrogen and oxygen atoms in total. The molecule has 0 aromatic carbocycles. The predicted octanol–water partition coefficient (Wildman–Crippen LogP) is 1.85. The molecular formula is C16H10N8. The second-order valence-corrected chi connectivity index (χ2v) is 4.76. The molecule has 0 spiro atoms. The lowest BCUT2D eigenvalue weighted by molar-refractivity contribution is 0.915. The highest BCUT2D eigenvalue weighted by Gasteiger charge is 2.11. The van der Waals surface area contributed by atoms with Gasteiger partial charge in [0.15, 0.2) is 0 Å². The first-order chi connectivity index (χ1) is 11.9. The average Bonchev–Trinajstić information content (AvgIpc) is 2.70. The van der Waals surface area contributed by atoms with E-state index >= 15 is 0 Å². The summed E-state index contributed by atoms with van der Waals surface area (Å²) in [6, 6.07) is 11.1. The molecule has 0 bridgehead atoms. The molecule has 0 atom stereocenters. The van der Waals surface area contributed by atoms with E-state index in [0.29, 0.717) is 22.8 Å². The fourth-order valence-corrected chi connectivity index (χ4v) is 2.07. The van der Waals surface area contributed by atoms with Gasteiger partial charge in [0.25, 0.3) is 0 Å². The molecule has 0 radical (unpaired) electrons. The Morgan fingerprint density at radius 1 is 0.542 bits per heavy atom. The zero-order valence-electron chi connectivity index (χ0n) is 12.4. The lowest BCUT2D eigenvalue weighted by Crippen LogP contribution is -2.02. The van der Waals surface area contributed by atoms with Crippen molar-refractivity contribution in [3.05, 3.63) is 61.2 Å². The van der Waals surface area contributed by atoms with Crippen LogP contribution < -0.4 is 0 Å². The number of pyridine rings is 2. The maximum Gasteiger partial charge on any atom is 0.222 e. The molecule has 4 heterocycles. The molecule has 0 saturated heterocycles. The highest BCUT2D eigenvalue weighted by atomic mass is 15.2. The molecule has 4 aromatic heterocycles. The lowest BCUT2D eigenvalue weighted by Gasteiger charge is -2.03. The zero-order valence-corrected chi connectivity index (χ0v) is 12.4. The van der Waals surface area contributed by atoms with Crippen LogP contribution in [-0.4, -0.2) is 40.3 Å². The van der Waals surface area contributed by atoms with Crippen LogP contribution in [0.4, 0.5) is 0 Å². The first-order valence-corrected chi connectivity index (χ1v) is 7.13. The molecule has 4 rings (SSSR count). The monoisotopic (exact) mass is 314 g/mol. The fourth-order valence-electron chi connectivity index (χ4n) is 2.07. The third kappa shape index (κ3) is 2.80. The smallest absolute Gasteiger partial charge is 0.222 e. The van der Waals surface area contributed by atoms with Gasteiger partial charge in [0.05, 0.1) is 23.8 Å². The highest BCUT2D eigenvalue weighted by Crippen LogP contribution is 2.17. The van der Waals surface area contributed by atoms with Gasteiger partial charge in [-0.2, -0.15) is 10.2 Å². The van der Waals surface area contributed by atoms with Gasteiger partial charge in [0.1, 0.15) is 11.4 Å². The van der Waals surface area contributed by atoms with Crippen LogP contribution in [0.15, 0.2) is 61.2 Å². The van der Waals surface area contributed by atoms with E-state index in [1.54, 1.807) is 24.8 Å². The van der Waals surface area contributed by atoms with Crippen LogP contribution in [0.3, 0.4) is 0 Å². The second-order valence-electron chi connectivity index (χ2n) is 4.76. The average molecular weight is 314 g/mol. The predicted molar refractivity (Wildman–Crippen MR) is 85.1 cm³/mol. The van der Waals surface area contributed by atoms with Crippen molar-refractivity contribution < 1.29 is 0 Å². The van der Waals surface area contributed by atoms with Crippen LogP contribution in [0.5, 0.6) is 0 Å². The van der Waals surface area contributed by atoms with Crippen molar-refractivity contribution in [2.24, 2.45) is 0 Å². The number of hydrogen-bond donors (Lipinski definition) is 0. The fraction of sp³-hybridized carbons (Fsp3) is 0. The third-order valence-electron chi connectivity index (χ3n) is 3.17. The molecule has 4 aromatic rings. The van der Waals surface area contributed by atoms with Crippen LogP contribution in [-0.2, 0) is 0 Å². The van der Waals surface area contributed by atoms with Gasteiger partial charge in [-0.15, -0.1) is 10.2 Å². The van der Waals surface area contributed by atoms with E-state index in [-0.39, 0.29) is 11.6 Å². The van der Waals surface area contributed by atoms with Crippen molar-refractivity contribution in [2.45, 2.75) is 0 Å². The normalized spacial score (nSPS) is 10.5. The quantitative estimate of drug-likeness (QED) is 0.564. The maximum atomic E-state index is 4.43. The molecule has 8 heteroatoms. The van der Waals surface area contributed by atoms with E-state index in [1.165, 1.54) is 0 Å². The van der Waals surface area contributed by atoms with Gasteiger partial charge < -0.3 is 0 Å². The topological polar surface area (TPSA) is 103 Å². The minimum absolute atomic E-state index is 0.281. The molecule has 0 aliphatic rings. The van der Waals surface area contributed by atoms with Crippen molar-refractivity contribution in [2.75, 3.05) is 0 Å². The van der Waals surface area contributed by atoms with Gasteiger partial charge >= 0.3 is 0 Å². The Hall–Kier alpha value is -3.68. The van der Waals surface area contributed by atoms with E-state index in [0.717, 1.165) is 0 Å². The van der Waals surface area contributed by atoms with Crippen molar-refractivity contribution >= 4 is 0 Å². The van der Waals surface area contributed by atoms with E-state index in [9.17, 15) is 0 Å². The largest absolute Gasteiger partial charge is 0.255 e. The summed E-state index contributed by atoms with van der Waals surface area (Å²) < 4.78 is 0. The molecule has 24 heavy (non-hydrogen) atoms. The van der Waals surface area contributed by atoms with Gasteiger partial charge in [-0.25, -0.2) is 9.97 Å².